The summed E-state index contributed by atoms with van der Waals surface area (Å²) in [6, 6.07) is 26.9. The minimum atomic E-state index is -0.402. The third-order valence-electron chi connectivity index (χ3n) is 5.64. The number of H-pyrrole nitrogens is 1. The fraction of sp³-hybridized carbons (Fsp3) is 0.107. The van der Waals surface area contributed by atoms with Crippen LogP contribution in [0.4, 0.5) is 0 Å². The molecular weight excluding hydrogens is 426 g/mol. The molecule has 0 fully saturated rings. The van der Waals surface area contributed by atoms with Gasteiger partial charge in [0.15, 0.2) is 0 Å². The summed E-state index contributed by atoms with van der Waals surface area (Å²) in [6.07, 6.45) is 0. The molecule has 6 nitrogen and oxygen atoms in total. The average molecular weight is 447 g/mol. The Balaban J connectivity index is 1.31. The largest absolute Gasteiger partial charge is 0.488 e. The second-order valence-electron chi connectivity index (χ2n) is 8.01. The Morgan fingerprint density at radius 2 is 1.82 bits per heavy atom. The van der Waals surface area contributed by atoms with Crippen molar-refractivity contribution in [2.75, 3.05) is 0 Å². The van der Waals surface area contributed by atoms with Gasteiger partial charge in [-0.05, 0) is 54.4 Å². The number of pyridine rings is 2. The summed E-state index contributed by atoms with van der Waals surface area (Å²) in [4.78, 5) is 19.5. The van der Waals surface area contributed by atoms with Crippen LogP contribution in [0.2, 0.25) is 0 Å². The van der Waals surface area contributed by atoms with Gasteiger partial charge in [0.2, 0.25) is 0 Å². The van der Waals surface area contributed by atoms with E-state index in [2.05, 4.69) is 9.97 Å². The number of fused-ring (bicyclic) bond motifs is 2. The van der Waals surface area contributed by atoms with Crippen molar-refractivity contribution in [2.45, 2.75) is 20.1 Å². The lowest BCUT2D eigenvalue weighted by Crippen LogP contribution is -2.10. The lowest BCUT2D eigenvalue weighted by Gasteiger charge is -2.12. The molecule has 0 saturated carbocycles. The highest BCUT2D eigenvalue weighted by Gasteiger charge is 2.10. The SMILES string of the molecule is Cc1ccc(OCc2cccc(OCc3ccc4ccccc4n3)c2)c2cc(C#N)c(=O)[nH]c12. The minimum absolute atomic E-state index is 0.0562. The number of aromatic amines is 1. The molecule has 1 N–H and O–H groups in total. The number of ether oxygens (including phenoxy) is 2. The van der Waals surface area contributed by atoms with Gasteiger partial charge >= 0.3 is 0 Å². The van der Waals surface area contributed by atoms with E-state index in [1.807, 2.05) is 85.8 Å². The Kier molecular flexibility index (Phi) is 5.67. The van der Waals surface area contributed by atoms with E-state index < -0.39 is 5.56 Å². The maximum atomic E-state index is 12.0. The quantitative estimate of drug-likeness (QED) is 0.376. The maximum Gasteiger partial charge on any atom is 0.266 e. The van der Waals surface area contributed by atoms with Crippen molar-refractivity contribution in [3.05, 3.63) is 112 Å². The lowest BCUT2D eigenvalue weighted by atomic mass is 10.1. The van der Waals surface area contributed by atoms with E-state index in [1.165, 1.54) is 0 Å². The summed E-state index contributed by atoms with van der Waals surface area (Å²) < 4.78 is 12.0. The van der Waals surface area contributed by atoms with Crippen LogP contribution in [-0.2, 0) is 13.2 Å². The van der Waals surface area contributed by atoms with Gasteiger partial charge in [-0.25, -0.2) is 4.98 Å². The number of hydrogen-bond donors (Lipinski definition) is 1. The van der Waals surface area contributed by atoms with Gasteiger partial charge in [0.05, 0.1) is 16.7 Å². The minimum Gasteiger partial charge on any atom is -0.488 e. The second kappa shape index (κ2) is 9.08. The molecule has 0 radical (unpaired) electrons. The molecule has 0 spiro atoms. The van der Waals surface area contributed by atoms with Crippen molar-refractivity contribution in [3.8, 4) is 17.6 Å². The first-order chi connectivity index (χ1) is 16.6. The Morgan fingerprint density at radius 3 is 2.71 bits per heavy atom. The van der Waals surface area contributed by atoms with Crippen LogP contribution in [-0.4, -0.2) is 9.97 Å². The molecule has 0 aliphatic rings. The second-order valence-corrected chi connectivity index (χ2v) is 8.01. The van der Waals surface area contributed by atoms with Crippen molar-refractivity contribution < 1.29 is 9.47 Å². The number of aromatic nitrogens is 2. The van der Waals surface area contributed by atoms with E-state index in [4.69, 9.17) is 9.47 Å². The third kappa shape index (κ3) is 4.32. The van der Waals surface area contributed by atoms with Gasteiger partial charge in [0, 0.05) is 10.8 Å². The van der Waals surface area contributed by atoms with Crippen molar-refractivity contribution in [1.82, 2.24) is 9.97 Å². The predicted octanol–water partition coefficient (Wildman–Crippen LogP) is 5.41. The normalized spacial score (nSPS) is 10.8. The molecule has 2 aromatic heterocycles. The maximum absolute atomic E-state index is 12.0. The van der Waals surface area contributed by atoms with E-state index in [0.29, 0.717) is 29.9 Å². The molecule has 166 valence electrons. The van der Waals surface area contributed by atoms with Crippen LogP contribution >= 0.6 is 0 Å². The molecule has 34 heavy (non-hydrogen) atoms. The van der Waals surface area contributed by atoms with Crippen molar-refractivity contribution in [3.63, 3.8) is 0 Å². The van der Waals surface area contributed by atoms with Crippen molar-refractivity contribution in [1.29, 1.82) is 5.26 Å². The molecule has 0 aliphatic heterocycles. The van der Waals surface area contributed by atoms with E-state index in [1.54, 1.807) is 6.07 Å². The number of nitrogens with zero attached hydrogens (tertiary/aromatic N) is 2. The van der Waals surface area contributed by atoms with Crippen LogP contribution < -0.4 is 15.0 Å². The molecule has 3 aromatic carbocycles. The number of para-hydroxylation sites is 1. The number of rotatable bonds is 6. The third-order valence-corrected chi connectivity index (χ3v) is 5.64. The molecule has 0 saturated heterocycles. The molecule has 0 amide bonds. The van der Waals surface area contributed by atoms with Gasteiger partial charge in [-0.1, -0.05) is 42.5 Å². The predicted molar refractivity (Wildman–Crippen MR) is 131 cm³/mol. The zero-order chi connectivity index (χ0) is 23.5. The van der Waals surface area contributed by atoms with Crippen molar-refractivity contribution >= 4 is 21.8 Å². The fourth-order valence-electron chi connectivity index (χ4n) is 3.85. The monoisotopic (exact) mass is 447 g/mol. The van der Waals surface area contributed by atoms with Gasteiger partial charge in [-0.15, -0.1) is 0 Å². The molecular formula is C28H21N3O3. The van der Waals surface area contributed by atoms with Crippen LogP contribution in [0.15, 0.2) is 83.7 Å². The molecule has 0 unspecified atom stereocenters. The number of nitriles is 1. The average Bonchev–Trinajstić information content (AvgIpc) is 2.87. The first kappa shape index (κ1) is 21.2. The Morgan fingerprint density at radius 1 is 0.941 bits per heavy atom. The molecule has 2 heterocycles. The standard InChI is InChI=1S/C28H21N3O3/c1-18-9-12-26(24-14-21(15-29)28(32)31-27(18)24)34-16-19-5-4-7-23(13-19)33-17-22-11-10-20-6-2-3-8-25(20)30-22/h2-14H,16-17H2,1H3,(H,31,32). The van der Waals surface area contributed by atoms with E-state index in [0.717, 1.165) is 33.5 Å². The number of benzene rings is 3. The summed E-state index contributed by atoms with van der Waals surface area (Å²) in [5, 5.41) is 11.0. The highest BCUT2D eigenvalue weighted by molar-refractivity contribution is 5.88. The van der Waals surface area contributed by atoms with Gasteiger partial charge in [0.1, 0.15) is 36.3 Å². The van der Waals surface area contributed by atoms with Gasteiger partial charge in [0.25, 0.3) is 5.56 Å². The number of nitrogens with one attached hydrogen (secondary N) is 1. The Hall–Kier alpha value is -4.63. The molecule has 0 aliphatic carbocycles. The number of aryl methyl sites for hydroxylation is 1. The Labute approximate surface area is 196 Å². The molecule has 5 rings (SSSR count). The first-order valence-corrected chi connectivity index (χ1v) is 10.9. The zero-order valence-electron chi connectivity index (χ0n) is 18.5. The molecule has 0 bridgehead atoms. The summed E-state index contributed by atoms with van der Waals surface area (Å²) in [7, 11) is 0. The highest BCUT2D eigenvalue weighted by atomic mass is 16.5. The molecule has 5 aromatic rings. The van der Waals surface area contributed by atoms with E-state index >= 15 is 0 Å². The lowest BCUT2D eigenvalue weighted by molar-refractivity contribution is 0.294. The van der Waals surface area contributed by atoms with Crippen LogP contribution in [0.3, 0.4) is 0 Å². The summed E-state index contributed by atoms with van der Waals surface area (Å²) in [6.45, 7) is 2.58. The topological polar surface area (TPSA) is 88.0 Å². The summed E-state index contributed by atoms with van der Waals surface area (Å²) in [5.41, 5.74) is 3.96. The van der Waals surface area contributed by atoms with Crippen LogP contribution in [0, 0.1) is 18.3 Å². The van der Waals surface area contributed by atoms with Crippen LogP contribution in [0.1, 0.15) is 22.4 Å². The smallest absolute Gasteiger partial charge is 0.266 e. The molecule has 0 atom stereocenters. The highest BCUT2D eigenvalue weighted by Crippen LogP contribution is 2.28. The van der Waals surface area contributed by atoms with Crippen molar-refractivity contribution in [2.24, 2.45) is 0 Å². The van der Waals surface area contributed by atoms with Gasteiger partial charge < -0.3 is 14.5 Å². The van der Waals surface area contributed by atoms with E-state index in [9.17, 15) is 10.1 Å². The van der Waals surface area contributed by atoms with E-state index in [-0.39, 0.29) is 5.56 Å². The summed E-state index contributed by atoms with van der Waals surface area (Å²) >= 11 is 0. The summed E-state index contributed by atoms with van der Waals surface area (Å²) in [5.74, 6) is 1.32. The van der Waals surface area contributed by atoms with Gasteiger partial charge in [-0.2, -0.15) is 5.26 Å². The Bertz CT molecular complexity index is 1620. The van der Waals surface area contributed by atoms with Gasteiger partial charge in [-0.3, -0.25) is 4.79 Å². The van der Waals surface area contributed by atoms with Crippen LogP contribution in [0.5, 0.6) is 11.5 Å². The first-order valence-electron chi connectivity index (χ1n) is 10.9. The zero-order valence-corrected chi connectivity index (χ0v) is 18.5. The molecule has 6 heteroatoms. The number of hydrogen-bond acceptors (Lipinski definition) is 5. The fourth-order valence-corrected chi connectivity index (χ4v) is 3.85. The van der Waals surface area contributed by atoms with Crippen LogP contribution in [0.25, 0.3) is 21.8 Å².